The van der Waals surface area contributed by atoms with Crippen molar-refractivity contribution in [2.45, 2.75) is 41.3 Å². The first-order valence-corrected chi connectivity index (χ1v) is 12.5. The smallest absolute Gasteiger partial charge is 0.321 e. The largest absolute Gasteiger partial charge is 0.341 e. The summed E-state index contributed by atoms with van der Waals surface area (Å²) in [6.45, 7) is 3.66. The van der Waals surface area contributed by atoms with Crippen molar-refractivity contribution in [3.63, 3.8) is 0 Å². The Bertz CT molecular complexity index is 1230. The summed E-state index contributed by atoms with van der Waals surface area (Å²) < 4.78 is 2.75. The number of carbonyl (C=O) groups excluding carboxylic acids is 2. The molecule has 0 bridgehead atoms. The molecule has 3 amide bonds. The van der Waals surface area contributed by atoms with Gasteiger partial charge in [0.1, 0.15) is 4.83 Å². The molecule has 1 aliphatic rings. The van der Waals surface area contributed by atoms with Gasteiger partial charge in [0.05, 0.1) is 20.5 Å². The van der Waals surface area contributed by atoms with Gasteiger partial charge in [-0.15, -0.1) is 23.1 Å². The molecule has 10 heteroatoms. The zero-order valence-corrected chi connectivity index (χ0v) is 19.8. The Morgan fingerprint density at radius 2 is 2.13 bits per heavy atom. The molecule has 0 spiro atoms. The molecule has 162 valence electrons. The van der Waals surface area contributed by atoms with Crippen molar-refractivity contribution >= 4 is 57.0 Å². The number of thiophene rings is 1. The molecule has 2 N–H and O–H groups in total. The molecule has 1 aliphatic heterocycles. The predicted molar refractivity (Wildman–Crippen MR) is 127 cm³/mol. The predicted octanol–water partition coefficient (Wildman–Crippen LogP) is 3.73. The Balaban J connectivity index is 1.85. The number of hydrogen-bond donors (Lipinski definition) is 2. The van der Waals surface area contributed by atoms with Crippen LogP contribution in [0.5, 0.6) is 0 Å². The van der Waals surface area contributed by atoms with E-state index in [1.54, 1.807) is 34.6 Å². The number of rotatable bonds is 4. The number of nitrogens with zero attached hydrogens (tertiary/aromatic N) is 2. The van der Waals surface area contributed by atoms with Gasteiger partial charge in [0.2, 0.25) is 5.91 Å². The summed E-state index contributed by atoms with van der Waals surface area (Å²) in [5, 5.41) is 5.15. The molecule has 7 nitrogen and oxygen atoms in total. The van der Waals surface area contributed by atoms with Crippen LogP contribution in [0.2, 0.25) is 0 Å². The molecule has 1 atom stereocenters. The van der Waals surface area contributed by atoms with Crippen LogP contribution in [0.4, 0.5) is 4.79 Å². The average Bonchev–Trinajstić information content (AvgIpc) is 3.12. The average molecular weight is 475 g/mol. The molecular weight excluding hydrogens is 452 g/mol. The second-order valence-corrected chi connectivity index (χ2v) is 10.9. The molecule has 0 radical (unpaired) electrons. The first-order chi connectivity index (χ1) is 14.9. The van der Waals surface area contributed by atoms with E-state index in [0.29, 0.717) is 21.1 Å². The first kappa shape index (κ1) is 21.9. The number of aromatic nitrogens is 2. The third-order valence-corrected chi connectivity index (χ3v) is 8.51. The first-order valence-electron chi connectivity index (χ1n) is 9.86. The van der Waals surface area contributed by atoms with Gasteiger partial charge in [0.25, 0.3) is 5.56 Å². The van der Waals surface area contributed by atoms with Crippen LogP contribution in [0, 0.1) is 6.92 Å². The molecule has 0 saturated heterocycles. The fourth-order valence-corrected chi connectivity index (χ4v) is 6.89. The van der Waals surface area contributed by atoms with Crippen LogP contribution in [-0.2, 0) is 11.2 Å². The summed E-state index contributed by atoms with van der Waals surface area (Å²) in [6, 6.07) is 7.10. The van der Waals surface area contributed by atoms with E-state index in [4.69, 9.17) is 4.98 Å². The third kappa shape index (κ3) is 4.37. The minimum absolute atomic E-state index is 0.114. The summed E-state index contributed by atoms with van der Waals surface area (Å²) in [7, 11) is 1.45. The lowest BCUT2D eigenvalue weighted by Gasteiger charge is -2.16. The van der Waals surface area contributed by atoms with Crippen LogP contribution >= 0.6 is 34.9 Å². The number of fused-ring (bicyclic) bond motifs is 3. The summed E-state index contributed by atoms with van der Waals surface area (Å²) in [4.78, 5) is 43.2. The normalized spacial score (nSPS) is 14.2. The highest BCUT2D eigenvalue weighted by Gasteiger charge is 2.25. The lowest BCUT2D eigenvalue weighted by atomic mass is 10.1. The van der Waals surface area contributed by atoms with Crippen molar-refractivity contribution in [3.05, 3.63) is 45.7 Å². The number of nitrogens with one attached hydrogen (secondary N) is 2. The standard InChI is InChI=1S/C21H22N4O3S3/c1-11-6-4-7-13(10-11)25-18(27)15-14-8-5-9-29-19(14)31-17(15)24-21(25)30-12(2)16(26)23-20(28)22-3/h4,6-7,10,12H,5,8-9H2,1-3H3,(H2,22,23,26,28). The number of carbonyl (C=O) groups is 2. The number of benzene rings is 1. The summed E-state index contributed by atoms with van der Waals surface area (Å²) in [5.74, 6) is 0.597. The summed E-state index contributed by atoms with van der Waals surface area (Å²) in [5.41, 5.74) is 2.71. The second-order valence-electron chi connectivity index (χ2n) is 7.20. The molecule has 2 aromatic heterocycles. The van der Waals surface area contributed by atoms with E-state index in [-0.39, 0.29) is 5.56 Å². The number of hydrogen-bond acceptors (Lipinski definition) is 7. The van der Waals surface area contributed by atoms with Gasteiger partial charge >= 0.3 is 6.03 Å². The number of amides is 3. The van der Waals surface area contributed by atoms with Crippen molar-refractivity contribution in [2.75, 3.05) is 12.8 Å². The third-order valence-electron chi connectivity index (χ3n) is 4.94. The van der Waals surface area contributed by atoms with Crippen molar-refractivity contribution in [1.29, 1.82) is 0 Å². The van der Waals surface area contributed by atoms with Gasteiger partial charge in [-0.3, -0.25) is 19.5 Å². The zero-order chi connectivity index (χ0) is 22.1. The van der Waals surface area contributed by atoms with Crippen LogP contribution in [-0.4, -0.2) is 39.5 Å². The van der Waals surface area contributed by atoms with Crippen LogP contribution in [0.25, 0.3) is 15.9 Å². The van der Waals surface area contributed by atoms with Gasteiger partial charge in [-0.2, -0.15) is 0 Å². The maximum Gasteiger partial charge on any atom is 0.321 e. The molecule has 3 heterocycles. The molecule has 1 unspecified atom stereocenters. The zero-order valence-electron chi connectivity index (χ0n) is 17.4. The minimum atomic E-state index is -0.623. The summed E-state index contributed by atoms with van der Waals surface area (Å²) >= 11 is 4.49. The monoisotopic (exact) mass is 474 g/mol. The van der Waals surface area contributed by atoms with E-state index >= 15 is 0 Å². The molecule has 0 saturated carbocycles. The fraction of sp³-hybridized carbons (Fsp3) is 0.333. The number of aryl methyl sites for hydroxylation is 2. The Kier molecular flexibility index (Phi) is 6.40. The maximum atomic E-state index is 13.7. The van der Waals surface area contributed by atoms with Gasteiger partial charge in [-0.05, 0) is 55.7 Å². The highest BCUT2D eigenvalue weighted by atomic mass is 32.2. The van der Waals surface area contributed by atoms with Crippen LogP contribution in [0.1, 0.15) is 24.5 Å². The van der Waals surface area contributed by atoms with Crippen molar-refractivity contribution in [1.82, 2.24) is 20.2 Å². The van der Waals surface area contributed by atoms with Crippen LogP contribution in [0.15, 0.2) is 38.4 Å². The Morgan fingerprint density at radius 1 is 1.32 bits per heavy atom. The topological polar surface area (TPSA) is 93.1 Å². The Labute approximate surface area is 192 Å². The number of thioether (sulfide) groups is 2. The van der Waals surface area contributed by atoms with E-state index in [2.05, 4.69) is 10.6 Å². The van der Waals surface area contributed by atoms with Crippen LogP contribution in [0.3, 0.4) is 0 Å². The van der Waals surface area contributed by atoms with Gasteiger partial charge in [-0.1, -0.05) is 23.9 Å². The Hall–Kier alpha value is -2.30. The van der Waals surface area contributed by atoms with Gasteiger partial charge in [-0.25, -0.2) is 9.78 Å². The van der Waals surface area contributed by atoms with Gasteiger partial charge < -0.3 is 5.32 Å². The molecule has 1 aromatic carbocycles. The van der Waals surface area contributed by atoms with E-state index < -0.39 is 17.2 Å². The Morgan fingerprint density at radius 3 is 2.87 bits per heavy atom. The van der Waals surface area contributed by atoms with Crippen molar-refractivity contribution in [3.8, 4) is 5.69 Å². The molecular formula is C21H22N4O3S3. The summed E-state index contributed by atoms with van der Waals surface area (Å²) in [6.07, 6.45) is 1.92. The second kappa shape index (κ2) is 9.05. The van der Waals surface area contributed by atoms with E-state index in [9.17, 15) is 14.4 Å². The quantitative estimate of drug-likeness (QED) is 0.442. The molecule has 4 rings (SSSR count). The van der Waals surface area contributed by atoms with Crippen LogP contribution < -0.4 is 16.2 Å². The van der Waals surface area contributed by atoms with E-state index in [1.807, 2.05) is 31.2 Å². The molecule has 3 aromatic rings. The van der Waals surface area contributed by atoms with Gasteiger partial charge in [0, 0.05) is 7.05 Å². The molecule has 0 fully saturated rings. The lowest BCUT2D eigenvalue weighted by molar-refractivity contribution is -0.119. The van der Waals surface area contributed by atoms with Crippen molar-refractivity contribution in [2.24, 2.45) is 0 Å². The SMILES string of the molecule is CNC(=O)NC(=O)C(C)Sc1nc2sc3c(c2c(=O)n1-c1cccc(C)c1)CCCS3. The minimum Gasteiger partial charge on any atom is -0.341 e. The highest BCUT2D eigenvalue weighted by Crippen LogP contribution is 2.41. The molecule has 31 heavy (non-hydrogen) atoms. The van der Waals surface area contributed by atoms with E-state index in [0.717, 1.165) is 33.9 Å². The lowest BCUT2D eigenvalue weighted by Crippen LogP contribution is -2.41. The fourth-order valence-electron chi connectivity index (χ4n) is 3.39. The van der Waals surface area contributed by atoms with Gasteiger partial charge in [0.15, 0.2) is 5.16 Å². The van der Waals surface area contributed by atoms with Crippen molar-refractivity contribution < 1.29 is 9.59 Å². The van der Waals surface area contributed by atoms with E-state index in [1.165, 1.54) is 18.8 Å². The highest BCUT2D eigenvalue weighted by molar-refractivity contribution is 8.01. The maximum absolute atomic E-state index is 13.7. The number of urea groups is 1. The number of imide groups is 1. The molecule has 0 aliphatic carbocycles.